The van der Waals surface area contributed by atoms with E-state index in [1.807, 2.05) is 42.3 Å². The summed E-state index contributed by atoms with van der Waals surface area (Å²) in [6, 6.07) is 21.2. The first-order valence-electron chi connectivity index (χ1n) is 13.3. The Morgan fingerprint density at radius 3 is 2.32 bits per heavy atom. The van der Waals surface area contributed by atoms with Crippen molar-refractivity contribution in [1.29, 1.82) is 0 Å². The summed E-state index contributed by atoms with van der Waals surface area (Å²) in [5.74, 6) is 2.13. The Morgan fingerprint density at radius 2 is 1.68 bits per heavy atom. The quantitative estimate of drug-likeness (QED) is 0.262. The van der Waals surface area contributed by atoms with Crippen molar-refractivity contribution in [3.8, 4) is 12.3 Å². The fourth-order valence-electron chi connectivity index (χ4n) is 4.88. The maximum absolute atomic E-state index is 13.5. The highest BCUT2D eigenvalue weighted by Gasteiger charge is 2.31. The van der Waals surface area contributed by atoms with Crippen molar-refractivity contribution in [2.75, 3.05) is 44.3 Å². The third-order valence-corrected chi connectivity index (χ3v) is 7.68. The Bertz CT molecular complexity index is 1420. The van der Waals surface area contributed by atoms with Gasteiger partial charge in [-0.3, -0.25) is 14.5 Å². The smallest absolute Gasteiger partial charge is 0.238 e. The predicted molar refractivity (Wildman–Crippen MR) is 162 cm³/mol. The number of hydrogen-bond acceptors (Lipinski definition) is 6. The third kappa shape index (κ3) is 7.35. The SMILES string of the molecule is C#CC(C)(OCC(O)CN1CCN(N(C(C)=O)c2ccc(Cl)cc2C(=O)c2ccccc2Cl)CC1)c1ccccc1. The number of hydrazine groups is 1. The Hall–Kier alpha value is -3.22. The van der Waals surface area contributed by atoms with E-state index in [4.69, 9.17) is 34.4 Å². The minimum absolute atomic E-state index is 0.0771. The standard InChI is InChI=1S/C32H33Cl2N3O4/c1-4-32(3,24-10-6-5-7-11-24)41-22-26(39)21-35-16-18-36(19-17-35)37(23(2)38)30-15-14-25(33)20-28(30)31(40)27-12-8-9-13-29(27)34/h1,5-15,20,26,39H,16-19,21-22H2,2-3H3. The maximum atomic E-state index is 13.5. The van der Waals surface area contributed by atoms with Crippen LogP contribution in [-0.2, 0) is 15.1 Å². The van der Waals surface area contributed by atoms with Gasteiger partial charge in [-0.2, -0.15) is 0 Å². The Kier molecular flexibility index (Phi) is 10.2. The van der Waals surface area contributed by atoms with Crippen LogP contribution in [0.5, 0.6) is 0 Å². The number of terminal acetylenes is 1. The first-order chi connectivity index (χ1) is 19.6. The minimum Gasteiger partial charge on any atom is -0.389 e. The molecule has 3 aromatic carbocycles. The number of carbonyl (C=O) groups is 2. The van der Waals surface area contributed by atoms with E-state index in [0.29, 0.717) is 54.0 Å². The number of rotatable bonds is 10. The van der Waals surface area contributed by atoms with Crippen LogP contribution in [0.25, 0.3) is 0 Å². The van der Waals surface area contributed by atoms with Crippen molar-refractivity contribution in [2.24, 2.45) is 0 Å². The maximum Gasteiger partial charge on any atom is 0.238 e. The number of amides is 1. The molecule has 1 heterocycles. The molecule has 7 nitrogen and oxygen atoms in total. The van der Waals surface area contributed by atoms with Crippen LogP contribution in [0.4, 0.5) is 5.69 Å². The van der Waals surface area contributed by atoms with Gasteiger partial charge < -0.3 is 9.84 Å². The first-order valence-corrected chi connectivity index (χ1v) is 14.1. The average molecular weight is 595 g/mol. The molecule has 1 fully saturated rings. The molecule has 4 rings (SSSR count). The summed E-state index contributed by atoms with van der Waals surface area (Å²) >= 11 is 12.6. The van der Waals surface area contributed by atoms with E-state index >= 15 is 0 Å². The fourth-order valence-corrected chi connectivity index (χ4v) is 5.28. The molecule has 1 aliphatic rings. The number of hydrogen-bond donors (Lipinski definition) is 1. The van der Waals surface area contributed by atoms with Gasteiger partial charge in [0.25, 0.3) is 0 Å². The summed E-state index contributed by atoms with van der Waals surface area (Å²) in [7, 11) is 0. The van der Waals surface area contributed by atoms with Gasteiger partial charge in [-0.1, -0.05) is 71.6 Å². The average Bonchev–Trinajstić information content (AvgIpc) is 2.98. The number of piperazine rings is 1. The van der Waals surface area contributed by atoms with Crippen molar-refractivity contribution >= 4 is 40.6 Å². The van der Waals surface area contributed by atoms with Gasteiger partial charge in [0.1, 0.15) is 0 Å². The summed E-state index contributed by atoms with van der Waals surface area (Å²) in [5.41, 5.74) is 0.951. The molecule has 0 aromatic heterocycles. The normalized spacial score (nSPS) is 16.4. The molecule has 41 heavy (non-hydrogen) atoms. The Labute approximate surface area is 251 Å². The highest BCUT2D eigenvalue weighted by Crippen LogP contribution is 2.31. The molecule has 0 spiro atoms. The van der Waals surface area contributed by atoms with Gasteiger partial charge in [0.15, 0.2) is 11.4 Å². The summed E-state index contributed by atoms with van der Waals surface area (Å²) in [4.78, 5) is 28.5. The number of ether oxygens (including phenoxy) is 1. The molecule has 1 saturated heterocycles. The number of aliphatic hydroxyl groups is 1. The Morgan fingerprint density at radius 1 is 1.02 bits per heavy atom. The summed E-state index contributed by atoms with van der Waals surface area (Å²) in [6.07, 6.45) is 5.01. The van der Waals surface area contributed by atoms with Gasteiger partial charge >= 0.3 is 0 Å². The molecule has 1 aliphatic heterocycles. The lowest BCUT2D eigenvalue weighted by Crippen LogP contribution is -2.56. The topological polar surface area (TPSA) is 73.3 Å². The van der Waals surface area contributed by atoms with Crippen LogP contribution in [0.3, 0.4) is 0 Å². The highest BCUT2D eigenvalue weighted by molar-refractivity contribution is 6.36. The van der Waals surface area contributed by atoms with Crippen molar-refractivity contribution < 1.29 is 19.4 Å². The van der Waals surface area contributed by atoms with E-state index in [9.17, 15) is 14.7 Å². The van der Waals surface area contributed by atoms with Gasteiger partial charge in [0.2, 0.25) is 5.91 Å². The molecule has 2 unspecified atom stereocenters. The third-order valence-electron chi connectivity index (χ3n) is 7.11. The molecular weight excluding hydrogens is 561 g/mol. The zero-order valence-electron chi connectivity index (χ0n) is 23.1. The van der Waals surface area contributed by atoms with E-state index in [0.717, 1.165) is 5.56 Å². The van der Waals surface area contributed by atoms with E-state index in [2.05, 4.69) is 10.8 Å². The molecule has 2 atom stereocenters. The molecule has 0 saturated carbocycles. The van der Waals surface area contributed by atoms with Crippen LogP contribution < -0.4 is 5.01 Å². The minimum atomic E-state index is -0.944. The number of ketones is 1. The zero-order valence-corrected chi connectivity index (χ0v) is 24.6. The second kappa shape index (κ2) is 13.6. The first kappa shape index (κ1) is 30.7. The van der Waals surface area contributed by atoms with Gasteiger partial charge in [0.05, 0.1) is 23.4 Å². The lowest BCUT2D eigenvalue weighted by atomic mass is 9.97. The van der Waals surface area contributed by atoms with Crippen LogP contribution in [0.1, 0.15) is 35.3 Å². The van der Waals surface area contributed by atoms with Crippen molar-refractivity contribution in [3.05, 3.63) is 99.5 Å². The number of carbonyl (C=O) groups excluding carboxylic acids is 2. The monoisotopic (exact) mass is 593 g/mol. The highest BCUT2D eigenvalue weighted by atomic mass is 35.5. The summed E-state index contributed by atoms with van der Waals surface area (Å²) < 4.78 is 5.98. The molecule has 9 heteroatoms. The van der Waals surface area contributed by atoms with Crippen LogP contribution >= 0.6 is 23.2 Å². The molecule has 3 aromatic rings. The van der Waals surface area contributed by atoms with Crippen LogP contribution in [0.2, 0.25) is 10.0 Å². The number of nitrogens with zero attached hydrogens (tertiary/aromatic N) is 3. The zero-order chi connectivity index (χ0) is 29.6. The second-order valence-corrected chi connectivity index (χ2v) is 10.9. The Balaban J connectivity index is 1.42. The molecule has 214 valence electrons. The van der Waals surface area contributed by atoms with E-state index in [-0.39, 0.29) is 23.9 Å². The molecule has 0 bridgehead atoms. The largest absolute Gasteiger partial charge is 0.389 e. The van der Waals surface area contributed by atoms with Crippen LogP contribution in [0, 0.1) is 12.3 Å². The molecule has 1 amide bonds. The van der Waals surface area contributed by atoms with Gasteiger partial charge in [-0.05, 0) is 42.8 Å². The molecular formula is C32H33Cl2N3O4. The van der Waals surface area contributed by atoms with E-state index in [1.165, 1.54) is 11.9 Å². The van der Waals surface area contributed by atoms with Crippen molar-refractivity contribution in [2.45, 2.75) is 25.6 Å². The number of aliphatic hydroxyl groups excluding tert-OH is 1. The van der Waals surface area contributed by atoms with Gasteiger partial charge in [-0.25, -0.2) is 10.0 Å². The van der Waals surface area contributed by atoms with E-state index in [1.54, 1.807) is 42.5 Å². The second-order valence-electron chi connectivity index (χ2n) is 10.1. The molecule has 0 radical (unpaired) electrons. The number of benzene rings is 3. The molecule has 1 N–H and O–H groups in total. The number of β-amino-alcohol motifs (C(OH)–C–C–N with tert-alkyl or cyclic N) is 1. The van der Waals surface area contributed by atoms with Gasteiger partial charge in [0, 0.05) is 55.8 Å². The number of anilines is 1. The summed E-state index contributed by atoms with van der Waals surface area (Å²) in [6.45, 7) is 5.92. The van der Waals surface area contributed by atoms with E-state index < -0.39 is 11.7 Å². The lowest BCUT2D eigenvalue weighted by molar-refractivity contribution is -0.120. The molecule has 0 aliphatic carbocycles. The number of halogens is 2. The lowest BCUT2D eigenvalue weighted by Gasteiger charge is -2.41. The fraction of sp³-hybridized carbons (Fsp3) is 0.312. The van der Waals surface area contributed by atoms with Gasteiger partial charge in [-0.15, -0.1) is 6.42 Å². The van der Waals surface area contributed by atoms with Crippen LogP contribution in [-0.4, -0.2) is 72.1 Å². The summed E-state index contributed by atoms with van der Waals surface area (Å²) in [5, 5.41) is 14.9. The van der Waals surface area contributed by atoms with Crippen molar-refractivity contribution in [3.63, 3.8) is 0 Å². The predicted octanol–water partition coefficient (Wildman–Crippen LogP) is 5.04. The van der Waals surface area contributed by atoms with Crippen LogP contribution in [0.15, 0.2) is 72.8 Å². The van der Waals surface area contributed by atoms with Crippen molar-refractivity contribution in [1.82, 2.24) is 9.91 Å².